The van der Waals surface area contributed by atoms with Crippen molar-refractivity contribution in [3.63, 3.8) is 0 Å². The second-order valence-electron chi connectivity index (χ2n) is 6.78. The molecule has 0 N–H and O–H groups in total. The number of benzene rings is 1. The van der Waals surface area contributed by atoms with Gasteiger partial charge in [-0.2, -0.15) is 0 Å². The summed E-state index contributed by atoms with van der Waals surface area (Å²) >= 11 is 0. The molecule has 0 bridgehead atoms. The van der Waals surface area contributed by atoms with Gasteiger partial charge in [0.1, 0.15) is 5.82 Å². The van der Waals surface area contributed by atoms with Gasteiger partial charge >= 0.3 is 0 Å². The highest BCUT2D eigenvalue weighted by atomic mass is 19.1. The van der Waals surface area contributed by atoms with Gasteiger partial charge in [-0.1, -0.05) is 0 Å². The fourth-order valence-corrected chi connectivity index (χ4v) is 3.78. The number of hydrogen-bond donors (Lipinski definition) is 0. The normalized spacial score (nSPS) is 29.0. The zero-order valence-corrected chi connectivity index (χ0v) is 13.9. The molecule has 2 fully saturated rings. The molecule has 0 radical (unpaired) electrons. The van der Waals surface area contributed by atoms with Gasteiger partial charge in [0.2, 0.25) is 0 Å². The Labute approximate surface area is 137 Å². The highest BCUT2D eigenvalue weighted by molar-refractivity contribution is 5.94. The van der Waals surface area contributed by atoms with E-state index in [9.17, 15) is 9.18 Å². The molecule has 0 unspecified atom stereocenters. The van der Waals surface area contributed by atoms with Gasteiger partial charge < -0.3 is 9.64 Å². The van der Waals surface area contributed by atoms with Gasteiger partial charge in [-0.25, -0.2) is 4.39 Å². The highest BCUT2D eigenvalue weighted by Gasteiger charge is 2.32. The van der Waals surface area contributed by atoms with Crippen LogP contribution in [0.2, 0.25) is 0 Å². The van der Waals surface area contributed by atoms with Gasteiger partial charge in [-0.15, -0.1) is 0 Å². The number of carbonyl (C=O) groups excluding carboxylic acids is 1. The van der Waals surface area contributed by atoms with Crippen LogP contribution in [0.25, 0.3) is 0 Å². The van der Waals surface area contributed by atoms with Crippen LogP contribution in [0.1, 0.15) is 37.0 Å². The lowest BCUT2D eigenvalue weighted by Crippen LogP contribution is -2.50. The van der Waals surface area contributed by atoms with Crippen LogP contribution in [0, 0.1) is 5.82 Å². The molecule has 3 rings (SSSR count). The van der Waals surface area contributed by atoms with Crippen LogP contribution in [-0.4, -0.2) is 60.1 Å². The average molecular weight is 320 g/mol. The molecule has 2 saturated heterocycles. The van der Waals surface area contributed by atoms with E-state index in [1.54, 1.807) is 12.1 Å². The van der Waals surface area contributed by atoms with Crippen molar-refractivity contribution in [1.29, 1.82) is 0 Å². The minimum absolute atomic E-state index is 0.0156. The van der Waals surface area contributed by atoms with Crippen molar-refractivity contribution in [1.82, 2.24) is 9.80 Å². The number of amides is 1. The molecule has 0 spiro atoms. The standard InChI is InChI=1S/C18H25FN2O2/c1-13-10-20(11-14(2)23-13)12-17-4-3-9-21(17)18(22)15-5-7-16(19)8-6-15/h5-8,13-14,17H,3-4,9-12H2,1-2H3/t13-,14-,17-/m1/s1. The molecule has 5 heteroatoms. The Morgan fingerprint density at radius 3 is 2.52 bits per heavy atom. The first-order valence-electron chi connectivity index (χ1n) is 8.47. The third kappa shape index (κ3) is 3.90. The summed E-state index contributed by atoms with van der Waals surface area (Å²) in [6.45, 7) is 7.71. The Morgan fingerprint density at radius 2 is 1.87 bits per heavy atom. The summed E-state index contributed by atoms with van der Waals surface area (Å²) in [5.41, 5.74) is 0.571. The smallest absolute Gasteiger partial charge is 0.254 e. The largest absolute Gasteiger partial charge is 0.373 e. The Hall–Kier alpha value is -1.46. The molecule has 0 aromatic heterocycles. The van der Waals surface area contributed by atoms with E-state index in [2.05, 4.69) is 18.7 Å². The topological polar surface area (TPSA) is 32.8 Å². The maximum absolute atomic E-state index is 13.0. The number of halogens is 1. The zero-order chi connectivity index (χ0) is 16.4. The molecule has 23 heavy (non-hydrogen) atoms. The van der Waals surface area contributed by atoms with Crippen molar-refractivity contribution in [3.05, 3.63) is 35.6 Å². The van der Waals surface area contributed by atoms with Crippen LogP contribution < -0.4 is 0 Å². The van der Waals surface area contributed by atoms with Gasteiger partial charge in [0.05, 0.1) is 12.2 Å². The summed E-state index contributed by atoms with van der Waals surface area (Å²) in [7, 11) is 0. The summed E-state index contributed by atoms with van der Waals surface area (Å²) in [5, 5.41) is 0. The van der Waals surface area contributed by atoms with Crippen molar-refractivity contribution in [3.8, 4) is 0 Å². The van der Waals surface area contributed by atoms with Gasteiger partial charge in [0, 0.05) is 37.8 Å². The molecule has 1 aromatic rings. The lowest BCUT2D eigenvalue weighted by molar-refractivity contribution is -0.0715. The minimum Gasteiger partial charge on any atom is -0.373 e. The number of ether oxygens (including phenoxy) is 1. The molecule has 0 aliphatic carbocycles. The number of morpholine rings is 1. The number of hydrogen-bond acceptors (Lipinski definition) is 3. The van der Waals surface area contributed by atoms with Crippen molar-refractivity contribution in [2.75, 3.05) is 26.2 Å². The predicted molar refractivity (Wildman–Crippen MR) is 86.9 cm³/mol. The summed E-state index contributed by atoms with van der Waals surface area (Å²) in [4.78, 5) is 17.1. The van der Waals surface area contributed by atoms with Gasteiger partial charge in [0.25, 0.3) is 5.91 Å². The summed E-state index contributed by atoms with van der Waals surface area (Å²) in [6, 6.07) is 6.09. The SMILES string of the molecule is C[C@@H]1CN(C[C@H]2CCCN2C(=O)c2ccc(F)cc2)C[C@@H](C)O1. The van der Waals surface area contributed by atoms with Crippen LogP contribution in [0.3, 0.4) is 0 Å². The van der Waals surface area contributed by atoms with Crippen LogP contribution in [0.15, 0.2) is 24.3 Å². The maximum atomic E-state index is 13.0. The average Bonchev–Trinajstić information content (AvgIpc) is 2.94. The fraction of sp³-hybridized carbons (Fsp3) is 0.611. The lowest BCUT2D eigenvalue weighted by Gasteiger charge is -2.38. The molecule has 0 saturated carbocycles. The Bertz CT molecular complexity index is 538. The van der Waals surface area contributed by atoms with Crippen LogP contribution in [0.4, 0.5) is 4.39 Å². The van der Waals surface area contributed by atoms with Crippen molar-refractivity contribution >= 4 is 5.91 Å². The number of nitrogens with zero attached hydrogens (tertiary/aromatic N) is 2. The molecule has 126 valence electrons. The number of carbonyl (C=O) groups is 1. The van der Waals surface area contributed by atoms with Crippen molar-refractivity contribution < 1.29 is 13.9 Å². The molecule has 2 aliphatic rings. The fourth-order valence-electron chi connectivity index (χ4n) is 3.78. The van der Waals surface area contributed by atoms with Crippen LogP contribution in [0.5, 0.6) is 0 Å². The molecular weight excluding hydrogens is 295 g/mol. The van der Waals surface area contributed by atoms with E-state index in [0.29, 0.717) is 5.56 Å². The summed E-state index contributed by atoms with van der Waals surface area (Å²) < 4.78 is 18.8. The van der Waals surface area contributed by atoms with Crippen molar-refractivity contribution in [2.24, 2.45) is 0 Å². The number of likely N-dealkylation sites (tertiary alicyclic amines) is 1. The molecule has 3 atom stereocenters. The van der Waals surface area contributed by atoms with E-state index in [0.717, 1.165) is 39.0 Å². The molecule has 1 aromatic carbocycles. The van der Waals surface area contributed by atoms with Crippen LogP contribution in [-0.2, 0) is 4.74 Å². The Morgan fingerprint density at radius 1 is 1.22 bits per heavy atom. The molecule has 4 nitrogen and oxygen atoms in total. The van der Waals surface area contributed by atoms with E-state index in [-0.39, 0.29) is 30.0 Å². The Kier molecular flexibility index (Phi) is 4.97. The minimum atomic E-state index is -0.309. The third-order valence-corrected chi connectivity index (χ3v) is 4.69. The molecule has 1 amide bonds. The first-order chi connectivity index (χ1) is 11.0. The molecule has 2 heterocycles. The van der Waals surface area contributed by atoms with Crippen molar-refractivity contribution in [2.45, 2.75) is 44.9 Å². The quantitative estimate of drug-likeness (QED) is 0.858. The maximum Gasteiger partial charge on any atom is 0.254 e. The molecular formula is C18H25FN2O2. The first-order valence-corrected chi connectivity index (χ1v) is 8.47. The van der Waals surface area contributed by atoms with E-state index in [1.165, 1.54) is 12.1 Å². The second kappa shape index (κ2) is 6.97. The Balaban J connectivity index is 1.65. The predicted octanol–water partition coefficient (Wildman–Crippen LogP) is 2.54. The van der Waals surface area contributed by atoms with E-state index in [1.807, 2.05) is 4.90 Å². The molecule has 2 aliphatic heterocycles. The van der Waals surface area contributed by atoms with Crippen LogP contribution >= 0.6 is 0 Å². The van der Waals surface area contributed by atoms with E-state index in [4.69, 9.17) is 4.74 Å². The van der Waals surface area contributed by atoms with Gasteiger partial charge in [-0.3, -0.25) is 9.69 Å². The third-order valence-electron chi connectivity index (χ3n) is 4.69. The van der Waals surface area contributed by atoms with Gasteiger partial charge in [0.15, 0.2) is 0 Å². The highest BCUT2D eigenvalue weighted by Crippen LogP contribution is 2.22. The first kappa shape index (κ1) is 16.4. The van der Waals surface area contributed by atoms with Gasteiger partial charge in [-0.05, 0) is 51.0 Å². The zero-order valence-electron chi connectivity index (χ0n) is 13.9. The number of rotatable bonds is 3. The summed E-state index contributed by atoms with van der Waals surface area (Å²) in [6.07, 6.45) is 2.54. The second-order valence-corrected chi connectivity index (χ2v) is 6.78. The monoisotopic (exact) mass is 320 g/mol. The van der Waals surface area contributed by atoms with E-state index < -0.39 is 0 Å². The summed E-state index contributed by atoms with van der Waals surface area (Å²) in [5.74, 6) is -0.294. The van der Waals surface area contributed by atoms with E-state index >= 15 is 0 Å². The lowest BCUT2D eigenvalue weighted by atomic mass is 10.1.